The van der Waals surface area contributed by atoms with Gasteiger partial charge in [-0.2, -0.15) is 0 Å². The van der Waals surface area contributed by atoms with Crippen molar-refractivity contribution >= 4 is 16.9 Å². The van der Waals surface area contributed by atoms with Crippen molar-refractivity contribution in [2.75, 3.05) is 0 Å². The zero-order chi connectivity index (χ0) is 12.4. The molecule has 2 heterocycles. The molecule has 0 atom stereocenters. The Labute approximate surface area is 105 Å². The van der Waals surface area contributed by atoms with Crippen LogP contribution in [-0.2, 0) is 4.74 Å². The summed E-state index contributed by atoms with van der Waals surface area (Å²) in [5.41, 5.74) is 1.30. The van der Waals surface area contributed by atoms with Crippen molar-refractivity contribution < 1.29 is 9.53 Å². The molecule has 2 aromatic heterocycles. The van der Waals surface area contributed by atoms with Gasteiger partial charge in [0.25, 0.3) is 0 Å². The van der Waals surface area contributed by atoms with Crippen LogP contribution in [0.4, 0.5) is 0 Å². The highest BCUT2D eigenvalue weighted by molar-refractivity contribution is 5.93. The SMILES string of the molecule is O=C(OC1CCCC1)c1cnc2cnccc2c1. The van der Waals surface area contributed by atoms with E-state index in [1.54, 1.807) is 24.7 Å². The molecule has 1 saturated carbocycles. The molecular formula is C14H14N2O2. The summed E-state index contributed by atoms with van der Waals surface area (Å²) in [5, 5.41) is 0.908. The number of rotatable bonds is 2. The first kappa shape index (κ1) is 11.1. The van der Waals surface area contributed by atoms with E-state index in [0.717, 1.165) is 36.6 Å². The average Bonchev–Trinajstić information content (AvgIpc) is 2.91. The van der Waals surface area contributed by atoms with E-state index < -0.39 is 0 Å². The number of ether oxygens (including phenoxy) is 1. The molecule has 0 radical (unpaired) electrons. The van der Waals surface area contributed by atoms with E-state index in [4.69, 9.17) is 4.74 Å². The smallest absolute Gasteiger partial charge is 0.339 e. The predicted octanol–water partition coefficient (Wildman–Crippen LogP) is 2.73. The summed E-state index contributed by atoms with van der Waals surface area (Å²) in [4.78, 5) is 20.2. The van der Waals surface area contributed by atoms with E-state index in [0.29, 0.717) is 5.56 Å². The van der Waals surface area contributed by atoms with Gasteiger partial charge in [0.05, 0.1) is 17.3 Å². The molecule has 0 spiro atoms. The van der Waals surface area contributed by atoms with Crippen molar-refractivity contribution in [3.05, 3.63) is 36.3 Å². The second kappa shape index (κ2) is 4.72. The molecule has 0 bridgehead atoms. The maximum Gasteiger partial charge on any atom is 0.339 e. The van der Waals surface area contributed by atoms with Gasteiger partial charge in [-0.1, -0.05) is 0 Å². The molecule has 0 unspecified atom stereocenters. The Morgan fingerprint density at radius 1 is 1.28 bits per heavy atom. The molecule has 1 aliphatic carbocycles. The van der Waals surface area contributed by atoms with Crippen LogP contribution in [0.1, 0.15) is 36.0 Å². The maximum atomic E-state index is 12.0. The Hall–Kier alpha value is -1.97. The summed E-state index contributed by atoms with van der Waals surface area (Å²) in [6.45, 7) is 0. The van der Waals surface area contributed by atoms with Gasteiger partial charge < -0.3 is 4.74 Å². The molecule has 0 saturated heterocycles. The molecule has 0 amide bonds. The molecule has 0 aliphatic heterocycles. The summed E-state index contributed by atoms with van der Waals surface area (Å²) in [6.07, 6.45) is 9.29. The molecule has 0 aromatic carbocycles. The lowest BCUT2D eigenvalue weighted by Gasteiger charge is -2.11. The standard InChI is InChI=1S/C14H14N2O2/c17-14(18-12-3-1-2-4-12)11-7-10-5-6-15-9-13(10)16-8-11/h5-9,12H,1-4H2. The largest absolute Gasteiger partial charge is 0.459 e. The van der Waals surface area contributed by atoms with Crippen LogP contribution in [0.3, 0.4) is 0 Å². The first-order chi connectivity index (χ1) is 8.83. The number of hydrogen-bond donors (Lipinski definition) is 0. The minimum Gasteiger partial charge on any atom is -0.459 e. The third kappa shape index (κ3) is 2.18. The van der Waals surface area contributed by atoms with Crippen molar-refractivity contribution in [1.82, 2.24) is 9.97 Å². The number of aromatic nitrogens is 2. The number of hydrogen-bond acceptors (Lipinski definition) is 4. The summed E-state index contributed by atoms with van der Waals surface area (Å²) in [5.74, 6) is -0.270. The maximum absolute atomic E-state index is 12.0. The lowest BCUT2D eigenvalue weighted by Crippen LogP contribution is -2.14. The van der Waals surface area contributed by atoms with Gasteiger partial charge in [-0.05, 0) is 37.8 Å². The molecule has 2 aromatic rings. The van der Waals surface area contributed by atoms with Gasteiger partial charge in [0.1, 0.15) is 6.10 Å². The Kier molecular flexibility index (Phi) is 2.92. The first-order valence-corrected chi connectivity index (χ1v) is 6.24. The summed E-state index contributed by atoms with van der Waals surface area (Å²) < 4.78 is 5.45. The fraction of sp³-hybridized carbons (Fsp3) is 0.357. The first-order valence-electron chi connectivity index (χ1n) is 6.24. The lowest BCUT2D eigenvalue weighted by atomic mass is 10.2. The molecule has 3 rings (SSSR count). The molecule has 0 N–H and O–H groups in total. The minimum absolute atomic E-state index is 0.0886. The van der Waals surface area contributed by atoms with Gasteiger partial charge in [-0.3, -0.25) is 9.97 Å². The third-order valence-electron chi connectivity index (χ3n) is 3.30. The quantitative estimate of drug-likeness (QED) is 0.760. The van der Waals surface area contributed by atoms with Gasteiger partial charge in [0.2, 0.25) is 0 Å². The highest BCUT2D eigenvalue weighted by Crippen LogP contribution is 2.22. The van der Waals surface area contributed by atoms with Crippen molar-refractivity contribution in [3.63, 3.8) is 0 Å². The molecule has 18 heavy (non-hydrogen) atoms. The lowest BCUT2D eigenvalue weighted by molar-refractivity contribution is 0.0317. The number of esters is 1. The molecule has 1 aliphatic rings. The number of carbonyl (C=O) groups excluding carboxylic acids is 1. The van der Waals surface area contributed by atoms with Crippen LogP contribution in [0, 0.1) is 0 Å². The van der Waals surface area contributed by atoms with Gasteiger partial charge in [0.15, 0.2) is 0 Å². The number of carbonyl (C=O) groups is 1. The van der Waals surface area contributed by atoms with Crippen LogP contribution >= 0.6 is 0 Å². The normalized spacial score (nSPS) is 16.0. The average molecular weight is 242 g/mol. The monoisotopic (exact) mass is 242 g/mol. The number of fused-ring (bicyclic) bond motifs is 1. The number of nitrogens with zero attached hydrogens (tertiary/aromatic N) is 2. The van der Waals surface area contributed by atoms with E-state index in [1.165, 1.54) is 0 Å². The molecule has 4 nitrogen and oxygen atoms in total. The van der Waals surface area contributed by atoms with E-state index in [1.807, 2.05) is 6.07 Å². The van der Waals surface area contributed by atoms with Gasteiger partial charge >= 0.3 is 5.97 Å². The Bertz CT molecular complexity index is 577. The molecular weight excluding hydrogens is 228 g/mol. The van der Waals surface area contributed by atoms with Crippen LogP contribution in [-0.4, -0.2) is 22.0 Å². The fourth-order valence-electron chi connectivity index (χ4n) is 2.31. The minimum atomic E-state index is -0.270. The zero-order valence-corrected chi connectivity index (χ0v) is 10.0. The van der Waals surface area contributed by atoms with Crippen LogP contribution in [0.2, 0.25) is 0 Å². The van der Waals surface area contributed by atoms with Crippen LogP contribution < -0.4 is 0 Å². The zero-order valence-electron chi connectivity index (χ0n) is 10.0. The second-order valence-corrected chi connectivity index (χ2v) is 4.60. The van der Waals surface area contributed by atoms with Crippen LogP contribution in [0.15, 0.2) is 30.7 Å². The van der Waals surface area contributed by atoms with Crippen molar-refractivity contribution in [2.45, 2.75) is 31.8 Å². The van der Waals surface area contributed by atoms with Gasteiger partial charge in [0, 0.05) is 17.8 Å². The van der Waals surface area contributed by atoms with Crippen molar-refractivity contribution in [1.29, 1.82) is 0 Å². The Morgan fingerprint density at radius 2 is 2.11 bits per heavy atom. The highest BCUT2D eigenvalue weighted by Gasteiger charge is 2.20. The van der Waals surface area contributed by atoms with Crippen LogP contribution in [0.25, 0.3) is 10.9 Å². The van der Waals surface area contributed by atoms with Gasteiger partial charge in [-0.15, -0.1) is 0 Å². The number of pyridine rings is 2. The second-order valence-electron chi connectivity index (χ2n) is 4.60. The third-order valence-corrected chi connectivity index (χ3v) is 3.30. The predicted molar refractivity (Wildman–Crippen MR) is 67.2 cm³/mol. The Morgan fingerprint density at radius 3 is 2.94 bits per heavy atom. The van der Waals surface area contributed by atoms with Crippen molar-refractivity contribution in [3.8, 4) is 0 Å². The molecule has 1 fully saturated rings. The van der Waals surface area contributed by atoms with E-state index in [9.17, 15) is 4.79 Å². The fourth-order valence-corrected chi connectivity index (χ4v) is 2.31. The van der Waals surface area contributed by atoms with E-state index in [-0.39, 0.29) is 12.1 Å². The molecule has 4 heteroatoms. The topological polar surface area (TPSA) is 52.1 Å². The summed E-state index contributed by atoms with van der Waals surface area (Å²) in [6, 6.07) is 3.65. The van der Waals surface area contributed by atoms with Crippen LogP contribution in [0.5, 0.6) is 0 Å². The molecule has 92 valence electrons. The summed E-state index contributed by atoms with van der Waals surface area (Å²) in [7, 11) is 0. The van der Waals surface area contributed by atoms with E-state index in [2.05, 4.69) is 9.97 Å². The Balaban J connectivity index is 1.82. The highest BCUT2D eigenvalue weighted by atomic mass is 16.5. The van der Waals surface area contributed by atoms with Gasteiger partial charge in [-0.25, -0.2) is 4.79 Å². The van der Waals surface area contributed by atoms with Crippen molar-refractivity contribution in [2.24, 2.45) is 0 Å². The van der Waals surface area contributed by atoms with E-state index >= 15 is 0 Å². The summed E-state index contributed by atoms with van der Waals surface area (Å²) >= 11 is 0.